The number of aromatic nitrogens is 3. The summed E-state index contributed by atoms with van der Waals surface area (Å²) in [7, 11) is 0. The maximum atomic E-state index is 13.7. The van der Waals surface area contributed by atoms with E-state index in [1.165, 1.54) is 17.9 Å². The number of benzene rings is 1. The zero-order valence-corrected chi connectivity index (χ0v) is 17.2. The highest BCUT2D eigenvalue weighted by atomic mass is 19.4. The molecule has 0 saturated heterocycles. The van der Waals surface area contributed by atoms with E-state index in [2.05, 4.69) is 10.4 Å². The third-order valence-corrected chi connectivity index (χ3v) is 5.02. The van der Waals surface area contributed by atoms with Crippen LogP contribution in [0, 0.1) is 13.8 Å². The molecule has 1 N–H and O–H groups in total. The minimum absolute atomic E-state index is 0.0839. The Bertz CT molecular complexity index is 1330. The van der Waals surface area contributed by atoms with E-state index in [4.69, 9.17) is 4.42 Å². The van der Waals surface area contributed by atoms with E-state index in [1.807, 2.05) is 6.92 Å². The van der Waals surface area contributed by atoms with Crippen LogP contribution in [0.5, 0.6) is 0 Å². The average molecular weight is 444 g/mol. The molecule has 0 fully saturated rings. The van der Waals surface area contributed by atoms with Crippen LogP contribution in [0.4, 0.5) is 13.2 Å². The van der Waals surface area contributed by atoms with Crippen molar-refractivity contribution in [3.63, 3.8) is 0 Å². The SMILES string of the molecule is Cc1ccc(-n2nc(C)c3c(C(F)(F)F)cc(=O)n(CC(=O)NCc4ccco4)c32)cc1. The molecule has 7 nitrogen and oxygen atoms in total. The van der Waals surface area contributed by atoms with Gasteiger partial charge in [-0.1, -0.05) is 17.7 Å². The summed E-state index contributed by atoms with van der Waals surface area (Å²) < 4.78 is 48.6. The maximum absolute atomic E-state index is 13.7. The van der Waals surface area contributed by atoms with E-state index < -0.39 is 29.8 Å². The van der Waals surface area contributed by atoms with Gasteiger partial charge in [-0.05, 0) is 38.1 Å². The summed E-state index contributed by atoms with van der Waals surface area (Å²) in [6.45, 7) is 2.91. The molecule has 0 unspecified atom stereocenters. The summed E-state index contributed by atoms with van der Waals surface area (Å²) in [5.74, 6) is -0.0531. The van der Waals surface area contributed by atoms with E-state index in [-0.39, 0.29) is 23.3 Å². The lowest BCUT2D eigenvalue weighted by Gasteiger charge is -2.14. The number of nitrogens with zero attached hydrogens (tertiary/aromatic N) is 3. The number of aryl methyl sites for hydroxylation is 2. The number of amides is 1. The molecular weight excluding hydrogens is 425 g/mol. The van der Waals surface area contributed by atoms with Crippen LogP contribution in [-0.2, 0) is 24.1 Å². The van der Waals surface area contributed by atoms with Gasteiger partial charge in [0.2, 0.25) is 5.91 Å². The smallest absolute Gasteiger partial charge is 0.417 e. The molecule has 32 heavy (non-hydrogen) atoms. The minimum Gasteiger partial charge on any atom is -0.467 e. The lowest BCUT2D eigenvalue weighted by atomic mass is 10.1. The number of hydrogen-bond donors (Lipinski definition) is 1. The fraction of sp³-hybridized carbons (Fsp3) is 0.227. The Hall–Kier alpha value is -3.82. The van der Waals surface area contributed by atoms with Gasteiger partial charge in [0.05, 0.1) is 35.1 Å². The van der Waals surface area contributed by atoms with Gasteiger partial charge in [-0.15, -0.1) is 0 Å². The van der Waals surface area contributed by atoms with Crippen LogP contribution in [0.2, 0.25) is 0 Å². The Morgan fingerprint density at radius 1 is 1.16 bits per heavy atom. The Balaban J connectivity index is 1.86. The monoisotopic (exact) mass is 444 g/mol. The van der Waals surface area contributed by atoms with Crippen LogP contribution in [-0.4, -0.2) is 20.3 Å². The van der Waals surface area contributed by atoms with Crippen molar-refractivity contribution in [2.45, 2.75) is 33.1 Å². The van der Waals surface area contributed by atoms with E-state index in [9.17, 15) is 22.8 Å². The van der Waals surface area contributed by atoms with Gasteiger partial charge in [0.1, 0.15) is 18.0 Å². The van der Waals surface area contributed by atoms with Crippen molar-refractivity contribution in [2.24, 2.45) is 0 Å². The first-order valence-electron chi connectivity index (χ1n) is 9.71. The maximum Gasteiger partial charge on any atom is 0.417 e. The fourth-order valence-electron chi connectivity index (χ4n) is 3.50. The Labute approximate surface area is 180 Å². The third kappa shape index (κ3) is 4.03. The number of furan rings is 1. The molecule has 1 aromatic carbocycles. The first-order valence-corrected chi connectivity index (χ1v) is 9.71. The predicted octanol–water partition coefficient (Wildman–Crippen LogP) is 3.73. The van der Waals surface area contributed by atoms with Gasteiger partial charge in [0.25, 0.3) is 5.56 Å². The van der Waals surface area contributed by atoms with Crippen molar-refractivity contribution in [1.82, 2.24) is 19.7 Å². The Morgan fingerprint density at radius 2 is 1.88 bits per heavy atom. The molecule has 0 atom stereocenters. The average Bonchev–Trinajstić information content (AvgIpc) is 3.36. The van der Waals surface area contributed by atoms with Gasteiger partial charge in [-0.3, -0.25) is 14.2 Å². The number of pyridine rings is 1. The highest BCUT2D eigenvalue weighted by molar-refractivity contribution is 5.86. The lowest BCUT2D eigenvalue weighted by Crippen LogP contribution is -2.33. The molecule has 0 aliphatic heterocycles. The number of halogens is 3. The van der Waals surface area contributed by atoms with E-state index in [0.29, 0.717) is 17.5 Å². The topological polar surface area (TPSA) is 82.1 Å². The summed E-state index contributed by atoms with van der Waals surface area (Å²) in [5, 5.41) is 6.64. The zero-order chi connectivity index (χ0) is 23.0. The van der Waals surface area contributed by atoms with Crippen molar-refractivity contribution in [1.29, 1.82) is 0 Å². The second kappa shape index (κ2) is 8.03. The summed E-state index contributed by atoms with van der Waals surface area (Å²) in [4.78, 5) is 25.3. The Morgan fingerprint density at radius 3 is 2.50 bits per heavy atom. The zero-order valence-electron chi connectivity index (χ0n) is 17.2. The first kappa shape index (κ1) is 21.4. The molecule has 3 heterocycles. The quantitative estimate of drug-likeness (QED) is 0.509. The summed E-state index contributed by atoms with van der Waals surface area (Å²) >= 11 is 0. The molecule has 0 aliphatic carbocycles. The van der Waals surface area contributed by atoms with Gasteiger partial charge in [-0.25, -0.2) is 4.68 Å². The number of carbonyl (C=O) groups is 1. The highest BCUT2D eigenvalue weighted by Gasteiger charge is 2.36. The van der Waals surface area contributed by atoms with Gasteiger partial charge >= 0.3 is 6.18 Å². The van der Waals surface area contributed by atoms with Crippen molar-refractivity contribution < 1.29 is 22.4 Å². The van der Waals surface area contributed by atoms with Crippen molar-refractivity contribution in [3.8, 4) is 5.69 Å². The standard InChI is InChI=1S/C22H19F3N4O3/c1-13-5-7-15(8-6-13)29-21-20(14(2)27-29)17(22(23,24)25)10-19(31)28(21)12-18(30)26-11-16-4-3-9-32-16/h3-10H,11-12H2,1-2H3,(H,26,30). The number of hydrogen-bond acceptors (Lipinski definition) is 4. The van der Waals surface area contributed by atoms with Gasteiger partial charge < -0.3 is 9.73 Å². The van der Waals surface area contributed by atoms with Crippen molar-refractivity contribution >= 4 is 16.9 Å². The van der Waals surface area contributed by atoms with Crippen LogP contribution >= 0.6 is 0 Å². The van der Waals surface area contributed by atoms with E-state index >= 15 is 0 Å². The molecule has 1 amide bonds. The predicted molar refractivity (Wildman–Crippen MR) is 110 cm³/mol. The summed E-state index contributed by atoms with van der Waals surface area (Å²) in [6, 6.07) is 10.8. The van der Waals surface area contributed by atoms with Crippen LogP contribution in [0.25, 0.3) is 16.7 Å². The van der Waals surface area contributed by atoms with Crippen molar-refractivity contribution in [3.05, 3.63) is 81.7 Å². The van der Waals surface area contributed by atoms with Crippen molar-refractivity contribution in [2.75, 3.05) is 0 Å². The third-order valence-electron chi connectivity index (χ3n) is 5.02. The van der Waals surface area contributed by atoms with Crippen LogP contribution in [0.15, 0.2) is 57.9 Å². The molecular formula is C22H19F3N4O3. The van der Waals surface area contributed by atoms with Gasteiger partial charge in [0, 0.05) is 6.07 Å². The van der Waals surface area contributed by atoms with Gasteiger partial charge in [-0.2, -0.15) is 18.3 Å². The normalized spacial score (nSPS) is 11.8. The van der Waals surface area contributed by atoms with Crippen LogP contribution in [0.1, 0.15) is 22.6 Å². The second-order valence-corrected chi connectivity index (χ2v) is 7.37. The molecule has 166 valence electrons. The highest BCUT2D eigenvalue weighted by Crippen LogP contribution is 2.36. The van der Waals surface area contributed by atoms with Gasteiger partial charge in [0.15, 0.2) is 0 Å². The molecule has 4 aromatic rings. The molecule has 4 rings (SSSR count). The minimum atomic E-state index is -4.76. The summed E-state index contributed by atoms with van der Waals surface area (Å²) in [6.07, 6.45) is -3.31. The fourth-order valence-corrected chi connectivity index (χ4v) is 3.50. The molecule has 0 radical (unpaired) electrons. The van der Waals surface area contributed by atoms with Crippen LogP contribution < -0.4 is 10.9 Å². The molecule has 0 bridgehead atoms. The number of nitrogens with one attached hydrogen (secondary N) is 1. The number of rotatable bonds is 5. The first-order chi connectivity index (χ1) is 15.1. The summed E-state index contributed by atoms with van der Waals surface area (Å²) in [5.41, 5.74) is -0.617. The molecule has 0 aliphatic rings. The number of carbonyl (C=O) groups excluding carboxylic acids is 1. The number of alkyl halides is 3. The molecule has 0 saturated carbocycles. The molecule has 0 spiro atoms. The second-order valence-electron chi connectivity index (χ2n) is 7.37. The lowest BCUT2D eigenvalue weighted by molar-refractivity contribution is -0.136. The van der Waals surface area contributed by atoms with E-state index in [0.717, 1.165) is 10.1 Å². The Kier molecular flexibility index (Phi) is 5.37. The largest absolute Gasteiger partial charge is 0.467 e. The molecule has 10 heteroatoms. The molecule has 3 aromatic heterocycles. The van der Waals surface area contributed by atoms with Crippen LogP contribution in [0.3, 0.4) is 0 Å². The van der Waals surface area contributed by atoms with E-state index in [1.54, 1.807) is 36.4 Å². The number of fused-ring (bicyclic) bond motifs is 1.